The van der Waals surface area contributed by atoms with Crippen LogP contribution in [0.1, 0.15) is 13.8 Å². The second-order valence-corrected chi connectivity index (χ2v) is 4.18. The minimum atomic E-state index is -1.16. The van der Waals surface area contributed by atoms with Gasteiger partial charge in [0.25, 0.3) is 0 Å². The normalized spacial score (nSPS) is 11.2. The molecular formula is C13H20N4O3. The third-order valence-corrected chi connectivity index (χ3v) is 2.82. The van der Waals surface area contributed by atoms with E-state index in [0.717, 1.165) is 38.3 Å². The molecule has 1 rings (SSSR count). The van der Waals surface area contributed by atoms with Gasteiger partial charge in [-0.1, -0.05) is 13.8 Å². The number of nitrogens with zero attached hydrogens (tertiary/aromatic N) is 3. The molecule has 0 atom stereocenters. The summed E-state index contributed by atoms with van der Waals surface area (Å²) in [5.41, 5.74) is 0.546. The average molecular weight is 280 g/mol. The van der Waals surface area contributed by atoms with Gasteiger partial charge in [-0.05, 0) is 13.1 Å². The fourth-order valence-electron chi connectivity index (χ4n) is 1.67. The van der Waals surface area contributed by atoms with E-state index in [1.165, 1.54) is 6.20 Å². The molecule has 1 amide bonds. The summed E-state index contributed by atoms with van der Waals surface area (Å²) >= 11 is 0. The summed E-state index contributed by atoms with van der Waals surface area (Å²) < 4.78 is 1.74. The summed E-state index contributed by atoms with van der Waals surface area (Å²) in [5, 5.41) is 15.1. The summed E-state index contributed by atoms with van der Waals surface area (Å²) in [5.74, 6) is -1.65. The lowest BCUT2D eigenvalue weighted by Gasteiger charge is -2.17. The van der Waals surface area contributed by atoms with Crippen molar-refractivity contribution in [3.05, 3.63) is 24.5 Å². The van der Waals surface area contributed by atoms with Gasteiger partial charge in [0.2, 0.25) is 5.91 Å². The lowest BCUT2D eigenvalue weighted by Crippen LogP contribution is -2.27. The molecule has 0 aromatic carbocycles. The Hall–Kier alpha value is -2.15. The zero-order valence-corrected chi connectivity index (χ0v) is 11.7. The third-order valence-electron chi connectivity index (χ3n) is 2.82. The van der Waals surface area contributed by atoms with Gasteiger partial charge in [-0.3, -0.25) is 9.48 Å². The quantitative estimate of drug-likeness (QED) is 0.688. The van der Waals surface area contributed by atoms with Crippen molar-refractivity contribution < 1.29 is 14.7 Å². The monoisotopic (exact) mass is 280 g/mol. The van der Waals surface area contributed by atoms with Gasteiger partial charge in [-0.25, -0.2) is 4.79 Å². The number of anilines is 1. The summed E-state index contributed by atoms with van der Waals surface area (Å²) in [6, 6.07) is 0. The Balaban J connectivity index is 2.47. The molecule has 2 N–H and O–H groups in total. The van der Waals surface area contributed by atoms with E-state index in [2.05, 4.69) is 29.2 Å². The highest BCUT2D eigenvalue weighted by Gasteiger charge is 2.04. The van der Waals surface area contributed by atoms with Crippen LogP contribution in [-0.4, -0.2) is 51.3 Å². The molecule has 0 unspecified atom stereocenters. The van der Waals surface area contributed by atoms with Crippen molar-refractivity contribution in [2.24, 2.45) is 0 Å². The molecule has 0 saturated heterocycles. The van der Waals surface area contributed by atoms with Crippen molar-refractivity contribution in [2.45, 2.75) is 20.4 Å². The molecule has 110 valence electrons. The number of carboxylic acid groups (broad SMARTS) is 1. The van der Waals surface area contributed by atoms with Crippen LogP contribution in [0.25, 0.3) is 0 Å². The maximum Gasteiger partial charge on any atom is 0.328 e. The van der Waals surface area contributed by atoms with Crippen molar-refractivity contribution in [3.8, 4) is 0 Å². The average Bonchev–Trinajstić information content (AvgIpc) is 2.85. The summed E-state index contributed by atoms with van der Waals surface area (Å²) in [6.45, 7) is 7.81. The van der Waals surface area contributed by atoms with Gasteiger partial charge in [0.15, 0.2) is 0 Å². The molecule has 0 spiro atoms. The zero-order valence-electron chi connectivity index (χ0n) is 11.7. The van der Waals surface area contributed by atoms with Crippen LogP contribution in [0.3, 0.4) is 0 Å². The van der Waals surface area contributed by atoms with Gasteiger partial charge in [0.05, 0.1) is 18.4 Å². The Morgan fingerprint density at radius 3 is 2.70 bits per heavy atom. The lowest BCUT2D eigenvalue weighted by atomic mass is 10.4. The summed E-state index contributed by atoms with van der Waals surface area (Å²) in [4.78, 5) is 23.9. The molecule has 0 aliphatic carbocycles. The number of nitrogens with one attached hydrogen (secondary N) is 1. The Morgan fingerprint density at radius 1 is 1.40 bits per heavy atom. The maximum absolute atomic E-state index is 11.4. The van der Waals surface area contributed by atoms with Gasteiger partial charge in [-0.2, -0.15) is 5.10 Å². The van der Waals surface area contributed by atoms with E-state index in [1.807, 2.05) is 0 Å². The Labute approximate surface area is 117 Å². The fraction of sp³-hybridized carbons (Fsp3) is 0.462. The van der Waals surface area contributed by atoms with Gasteiger partial charge in [-0.15, -0.1) is 0 Å². The van der Waals surface area contributed by atoms with Gasteiger partial charge in [0.1, 0.15) is 0 Å². The van der Waals surface area contributed by atoms with Crippen molar-refractivity contribution in [3.63, 3.8) is 0 Å². The van der Waals surface area contributed by atoms with E-state index in [9.17, 15) is 9.59 Å². The van der Waals surface area contributed by atoms with Crippen LogP contribution in [0.2, 0.25) is 0 Å². The van der Waals surface area contributed by atoms with Gasteiger partial charge in [0, 0.05) is 24.9 Å². The number of carbonyl (C=O) groups is 2. The predicted molar refractivity (Wildman–Crippen MR) is 75.4 cm³/mol. The van der Waals surface area contributed by atoms with E-state index in [-0.39, 0.29) is 0 Å². The number of carboxylic acids is 1. The number of aromatic nitrogens is 2. The SMILES string of the molecule is CCN(CC)CCn1cc(NC(=O)/C=C/C(=O)O)cn1. The molecule has 7 heteroatoms. The van der Waals surface area contributed by atoms with Crippen LogP contribution in [0.15, 0.2) is 24.5 Å². The highest BCUT2D eigenvalue weighted by atomic mass is 16.4. The van der Waals surface area contributed by atoms with Crippen LogP contribution in [0, 0.1) is 0 Å². The summed E-state index contributed by atoms with van der Waals surface area (Å²) in [7, 11) is 0. The van der Waals surface area contributed by atoms with Crippen LogP contribution in [0.4, 0.5) is 5.69 Å². The third kappa shape index (κ3) is 5.66. The van der Waals surface area contributed by atoms with E-state index in [4.69, 9.17) is 5.11 Å². The molecular weight excluding hydrogens is 260 g/mol. The Bertz CT molecular complexity index is 478. The zero-order chi connectivity index (χ0) is 15.0. The standard InChI is InChI=1S/C13H20N4O3/c1-3-16(4-2)7-8-17-10-11(9-14-17)15-12(18)5-6-13(19)20/h5-6,9-10H,3-4,7-8H2,1-2H3,(H,15,18)(H,19,20)/b6-5+. The number of carbonyl (C=O) groups excluding carboxylic acids is 1. The molecule has 0 saturated carbocycles. The van der Waals surface area contributed by atoms with Crippen molar-refractivity contribution in [1.82, 2.24) is 14.7 Å². The molecule has 0 fully saturated rings. The van der Waals surface area contributed by atoms with Gasteiger partial charge >= 0.3 is 5.97 Å². The summed E-state index contributed by atoms with van der Waals surface area (Å²) in [6.07, 6.45) is 5.01. The molecule has 0 radical (unpaired) electrons. The highest BCUT2D eigenvalue weighted by Crippen LogP contribution is 2.05. The van der Waals surface area contributed by atoms with Crippen LogP contribution < -0.4 is 5.32 Å². The van der Waals surface area contributed by atoms with E-state index < -0.39 is 11.9 Å². The first kappa shape index (κ1) is 15.9. The number of aliphatic carboxylic acids is 1. The molecule has 20 heavy (non-hydrogen) atoms. The molecule has 0 aliphatic heterocycles. The van der Waals surface area contributed by atoms with E-state index >= 15 is 0 Å². The topological polar surface area (TPSA) is 87.5 Å². The largest absolute Gasteiger partial charge is 0.478 e. The molecule has 7 nitrogen and oxygen atoms in total. The molecule has 0 aliphatic rings. The first-order chi connectivity index (χ1) is 9.55. The van der Waals surface area contributed by atoms with E-state index in [1.54, 1.807) is 10.9 Å². The molecule has 1 heterocycles. The highest BCUT2D eigenvalue weighted by molar-refractivity contribution is 6.02. The fourth-order valence-corrected chi connectivity index (χ4v) is 1.67. The smallest absolute Gasteiger partial charge is 0.328 e. The number of hydrogen-bond acceptors (Lipinski definition) is 4. The van der Waals surface area contributed by atoms with Crippen LogP contribution in [-0.2, 0) is 16.1 Å². The molecule has 1 aromatic rings. The number of hydrogen-bond donors (Lipinski definition) is 2. The first-order valence-electron chi connectivity index (χ1n) is 6.52. The van der Waals surface area contributed by atoms with Crippen molar-refractivity contribution in [2.75, 3.05) is 25.0 Å². The number of amides is 1. The lowest BCUT2D eigenvalue weighted by molar-refractivity contribution is -0.131. The minimum absolute atomic E-state index is 0.490. The molecule has 1 aromatic heterocycles. The van der Waals surface area contributed by atoms with Crippen LogP contribution in [0.5, 0.6) is 0 Å². The minimum Gasteiger partial charge on any atom is -0.478 e. The number of likely N-dealkylation sites (N-methyl/N-ethyl adjacent to an activating group) is 1. The van der Waals surface area contributed by atoms with Gasteiger partial charge < -0.3 is 15.3 Å². The molecule has 0 bridgehead atoms. The Morgan fingerprint density at radius 2 is 2.10 bits per heavy atom. The van der Waals surface area contributed by atoms with E-state index in [0.29, 0.717) is 5.69 Å². The Kier molecular flexibility index (Phi) is 6.45. The van der Waals surface area contributed by atoms with Crippen molar-refractivity contribution in [1.29, 1.82) is 0 Å². The first-order valence-corrected chi connectivity index (χ1v) is 6.52. The van der Waals surface area contributed by atoms with Crippen molar-refractivity contribution >= 4 is 17.6 Å². The maximum atomic E-state index is 11.4. The second kappa shape index (κ2) is 8.11. The number of rotatable bonds is 8. The van der Waals surface area contributed by atoms with Crippen LogP contribution >= 0.6 is 0 Å². The second-order valence-electron chi connectivity index (χ2n) is 4.18. The predicted octanol–water partition coefficient (Wildman–Crippen LogP) is 0.804.